The molecule has 4 heterocycles. The Labute approximate surface area is 347 Å². The molecule has 4 amide bonds. The zero-order chi connectivity index (χ0) is 43.8. The van der Waals surface area contributed by atoms with Crippen LogP contribution >= 0.6 is 0 Å². The zero-order valence-corrected chi connectivity index (χ0v) is 35.5. The molecule has 0 aliphatic carbocycles. The van der Waals surface area contributed by atoms with Gasteiger partial charge in [-0.2, -0.15) is 0 Å². The summed E-state index contributed by atoms with van der Waals surface area (Å²) in [4.78, 5) is 65.3. The van der Waals surface area contributed by atoms with E-state index in [2.05, 4.69) is 26.3 Å². The molecule has 0 bridgehead atoms. The second kappa shape index (κ2) is 17.9. The van der Waals surface area contributed by atoms with Crippen molar-refractivity contribution < 1.29 is 36.7 Å². The molecule has 2 fully saturated rings. The largest absolute Gasteiger partial charge is 0.352 e. The Morgan fingerprint density at radius 2 is 1.43 bits per heavy atom. The Balaban J connectivity index is 1.41. The highest BCUT2D eigenvalue weighted by molar-refractivity contribution is 5.93. The SMILES string of the molecule is CC[C@H](NC(=O)[C@H](C)NC)C(=O)N1C[C@@H](F)C[C@H]1Cc1c(-c2nc3cc(F)ccc3n2C[C@@H]2C[C@H](F)CN2C(=O)C(NC(=O)[C@H](C)NC)C(C)(C)C)[nH]c2cc(F)ccc12. The molecule has 60 heavy (non-hydrogen) atoms. The molecule has 6 rings (SSSR count). The van der Waals surface area contributed by atoms with Gasteiger partial charge in [0.25, 0.3) is 0 Å². The van der Waals surface area contributed by atoms with E-state index >= 15 is 8.78 Å². The third kappa shape index (κ3) is 9.16. The van der Waals surface area contributed by atoms with Crippen LogP contribution in [0.15, 0.2) is 36.4 Å². The van der Waals surface area contributed by atoms with Crippen molar-refractivity contribution in [2.45, 2.75) is 122 Å². The van der Waals surface area contributed by atoms with E-state index in [1.165, 1.54) is 34.1 Å². The minimum Gasteiger partial charge on any atom is -0.352 e. The molecular weight excluding hydrogens is 783 g/mol. The number of carbonyl (C=O) groups is 4. The fourth-order valence-electron chi connectivity index (χ4n) is 8.36. The van der Waals surface area contributed by atoms with Gasteiger partial charge in [0.05, 0.1) is 47.9 Å². The number of fused-ring (bicyclic) bond motifs is 2. The van der Waals surface area contributed by atoms with Gasteiger partial charge < -0.3 is 40.6 Å². The molecule has 5 N–H and O–H groups in total. The van der Waals surface area contributed by atoms with Gasteiger partial charge in [-0.05, 0) is 82.1 Å². The highest BCUT2D eigenvalue weighted by Crippen LogP contribution is 2.37. The summed E-state index contributed by atoms with van der Waals surface area (Å²) in [6.45, 7) is 10.2. The first-order valence-corrected chi connectivity index (χ1v) is 20.7. The fourth-order valence-corrected chi connectivity index (χ4v) is 8.36. The molecule has 4 aromatic rings. The average molecular weight is 840 g/mol. The summed E-state index contributed by atoms with van der Waals surface area (Å²) in [5.41, 5.74) is 1.42. The van der Waals surface area contributed by atoms with E-state index in [0.717, 1.165) is 0 Å². The number of hydrogen-bond acceptors (Lipinski definition) is 7. The minimum absolute atomic E-state index is 0.00753. The standard InChI is InChI=1S/C43H57F4N9O4/c1-9-32(52-39(57)22(2)48-7)41(59)54-19-26(46)14-28(54)18-31-30-12-10-24(44)16-33(30)50-36(31)38-51-34-17-25(45)11-13-35(34)56(38)21-29-15-27(47)20-55(29)42(60)37(43(4,5)6)53-40(58)23(3)49-8/h10-13,16-17,22-23,26-29,32,37,48-50H,9,14-15,18-21H2,1-8H3,(H,52,57)(H,53,58)/t22-,23-,26-,27-,28-,29-,32-,37?/m0/s1. The first-order valence-electron chi connectivity index (χ1n) is 20.7. The lowest BCUT2D eigenvalue weighted by Crippen LogP contribution is -2.58. The van der Waals surface area contributed by atoms with E-state index in [0.29, 0.717) is 27.7 Å². The summed E-state index contributed by atoms with van der Waals surface area (Å²) in [5, 5.41) is 12.0. The van der Waals surface area contributed by atoms with Crippen LogP contribution in [-0.4, -0.2) is 124 Å². The van der Waals surface area contributed by atoms with E-state index in [9.17, 15) is 28.0 Å². The topological polar surface area (TPSA) is 156 Å². The average Bonchev–Trinajstić information content (AvgIpc) is 3.96. The van der Waals surface area contributed by atoms with Crippen LogP contribution in [0.25, 0.3) is 33.5 Å². The Hall–Kier alpha value is -5.03. The molecule has 2 aromatic heterocycles. The molecule has 0 radical (unpaired) electrons. The zero-order valence-electron chi connectivity index (χ0n) is 35.5. The fraction of sp³-hybridized carbons (Fsp3) is 0.558. The quantitative estimate of drug-likeness (QED) is 0.117. The normalized spacial score (nSPS) is 21.7. The molecular formula is C43H57F4N9O4. The number of aromatic amines is 1. The number of amides is 4. The van der Waals surface area contributed by atoms with E-state index in [-0.39, 0.29) is 68.5 Å². The van der Waals surface area contributed by atoms with Crippen molar-refractivity contribution in [3.63, 3.8) is 0 Å². The van der Waals surface area contributed by atoms with Crippen LogP contribution in [-0.2, 0) is 32.1 Å². The third-order valence-electron chi connectivity index (χ3n) is 12.0. The number of halogens is 4. The van der Waals surface area contributed by atoms with Gasteiger partial charge in [-0.1, -0.05) is 27.7 Å². The number of imidazole rings is 1. The van der Waals surface area contributed by atoms with Crippen LogP contribution in [0, 0.1) is 17.0 Å². The van der Waals surface area contributed by atoms with Gasteiger partial charge in [-0.3, -0.25) is 19.2 Å². The third-order valence-corrected chi connectivity index (χ3v) is 12.0. The number of benzene rings is 2. The number of carbonyl (C=O) groups excluding carboxylic acids is 4. The van der Waals surface area contributed by atoms with Gasteiger partial charge in [-0.15, -0.1) is 0 Å². The number of aromatic nitrogens is 3. The number of alkyl halides is 2. The molecule has 2 aliphatic rings. The van der Waals surface area contributed by atoms with Gasteiger partial charge in [0.15, 0.2) is 5.82 Å². The van der Waals surface area contributed by atoms with Gasteiger partial charge in [0, 0.05) is 42.4 Å². The van der Waals surface area contributed by atoms with Crippen molar-refractivity contribution in [2.75, 3.05) is 27.2 Å². The molecule has 17 heteroatoms. The van der Waals surface area contributed by atoms with Crippen LogP contribution in [0.1, 0.15) is 66.4 Å². The smallest absolute Gasteiger partial charge is 0.246 e. The second-order valence-corrected chi connectivity index (χ2v) is 17.3. The lowest BCUT2D eigenvalue weighted by atomic mass is 9.85. The second-order valence-electron chi connectivity index (χ2n) is 17.3. The first kappa shape index (κ1) is 44.5. The molecule has 0 saturated carbocycles. The van der Waals surface area contributed by atoms with Gasteiger partial charge in [0.2, 0.25) is 23.6 Å². The van der Waals surface area contributed by atoms with Gasteiger partial charge in [0.1, 0.15) is 36.1 Å². The maximum atomic E-state index is 15.5. The van der Waals surface area contributed by atoms with Crippen molar-refractivity contribution >= 4 is 45.6 Å². The van der Waals surface area contributed by atoms with E-state index in [1.54, 1.807) is 51.6 Å². The molecule has 1 unspecified atom stereocenters. The van der Waals surface area contributed by atoms with Crippen molar-refractivity contribution in [2.24, 2.45) is 5.41 Å². The van der Waals surface area contributed by atoms with E-state index < -0.39 is 77.5 Å². The molecule has 8 atom stereocenters. The number of likely N-dealkylation sites (N-methyl/N-ethyl adjacent to an activating group) is 2. The molecule has 13 nitrogen and oxygen atoms in total. The number of nitrogens with zero attached hydrogens (tertiary/aromatic N) is 4. The summed E-state index contributed by atoms with van der Waals surface area (Å²) in [5.74, 6) is -2.41. The number of H-pyrrole nitrogens is 1. The lowest BCUT2D eigenvalue weighted by Gasteiger charge is -2.36. The van der Waals surface area contributed by atoms with E-state index in [1.807, 2.05) is 20.8 Å². The first-order chi connectivity index (χ1) is 28.3. The van der Waals surface area contributed by atoms with Crippen LogP contribution < -0.4 is 21.3 Å². The lowest BCUT2D eigenvalue weighted by molar-refractivity contribution is -0.140. The Bertz CT molecular complexity index is 2240. The van der Waals surface area contributed by atoms with Crippen molar-refractivity contribution in [3.8, 4) is 11.5 Å². The highest BCUT2D eigenvalue weighted by atomic mass is 19.1. The van der Waals surface area contributed by atoms with Gasteiger partial charge >= 0.3 is 0 Å². The maximum absolute atomic E-state index is 15.5. The van der Waals surface area contributed by atoms with Crippen LogP contribution in [0.5, 0.6) is 0 Å². The highest BCUT2D eigenvalue weighted by Gasteiger charge is 2.44. The Kier molecular flexibility index (Phi) is 13.3. The molecule has 2 saturated heterocycles. The predicted molar refractivity (Wildman–Crippen MR) is 221 cm³/mol. The summed E-state index contributed by atoms with van der Waals surface area (Å²) in [7, 11) is 3.26. The van der Waals surface area contributed by atoms with Crippen molar-refractivity contribution in [1.29, 1.82) is 0 Å². The number of hydrogen-bond donors (Lipinski definition) is 5. The monoisotopic (exact) mass is 839 g/mol. The van der Waals surface area contributed by atoms with Crippen LogP contribution in [0.3, 0.4) is 0 Å². The molecule has 2 aliphatic heterocycles. The number of nitrogens with one attached hydrogen (secondary N) is 5. The Morgan fingerprint density at radius 1 is 0.850 bits per heavy atom. The van der Waals surface area contributed by atoms with E-state index in [4.69, 9.17) is 4.98 Å². The molecule has 2 aromatic carbocycles. The summed E-state index contributed by atoms with van der Waals surface area (Å²) in [6, 6.07) is 3.89. The predicted octanol–water partition coefficient (Wildman–Crippen LogP) is 4.52. The van der Waals surface area contributed by atoms with Gasteiger partial charge in [-0.25, -0.2) is 22.5 Å². The summed E-state index contributed by atoms with van der Waals surface area (Å²) < 4.78 is 62.3. The number of likely N-dealkylation sites (tertiary alicyclic amines) is 2. The van der Waals surface area contributed by atoms with Crippen molar-refractivity contribution in [1.82, 2.24) is 45.6 Å². The molecule has 326 valence electrons. The summed E-state index contributed by atoms with van der Waals surface area (Å²) in [6.07, 6.45) is -2.34. The van der Waals surface area contributed by atoms with Crippen molar-refractivity contribution in [3.05, 3.63) is 53.6 Å². The Morgan fingerprint density at radius 3 is 2.05 bits per heavy atom. The minimum atomic E-state index is -1.37. The van der Waals surface area contributed by atoms with Crippen LogP contribution in [0.4, 0.5) is 17.6 Å². The number of rotatable bonds is 14. The van der Waals surface area contributed by atoms with Crippen LogP contribution in [0.2, 0.25) is 0 Å². The summed E-state index contributed by atoms with van der Waals surface area (Å²) >= 11 is 0. The molecule has 0 spiro atoms. The maximum Gasteiger partial charge on any atom is 0.246 e.